The summed E-state index contributed by atoms with van der Waals surface area (Å²) in [5.41, 5.74) is 9.08. The van der Waals surface area contributed by atoms with Gasteiger partial charge in [0.2, 0.25) is 5.95 Å². The van der Waals surface area contributed by atoms with E-state index in [0.717, 1.165) is 41.0 Å². The molecule has 3 heterocycles. The molecule has 1 aromatic carbocycles. The maximum absolute atomic E-state index is 5.95. The van der Waals surface area contributed by atoms with Gasteiger partial charge in [-0.2, -0.15) is 4.98 Å². The van der Waals surface area contributed by atoms with E-state index in [0.29, 0.717) is 25.0 Å². The Morgan fingerprint density at radius 1 is 1.24 bits per heavy atom. The van der Waals surface area contributed by atoms with Crippen molar-refractivity contribution in [2.24, 2.45) is 0 Å². The van der Waals surface area contributed by atoms with Crippen LogP contribution in [0.5, 0.6) is 0 Å². The van der Waals surface area contributed by atoms with E-state index in [2.05, 4.69) is 44.1 Å². The number of fused-ring (bicyclic) bond motifs is 1. The highest BCUT2D eigenvalue weighted by Gasteiger charge is 2.21. The van der Waals surface area contributed by atoms with Crippen molar-refractivity contribution in [3.8, 4) is 0 Å². The third-order valence-electron chi connectivity index (χ3n) is 4.61. The number of nitrogen functional groups attached to an aromatic ring is 1. The maximum atomic E-state index is 5.95. The van der Waals surface area contributed by atoms with E-state index in [-0.39, 0.29) is 0 Å². The minimum absolute atomic E-state index is 0.302. The lowest BCUT2D eigenvalue weighted by Gasteiger charge is -2.20. The van der Waals surface area contributed by atoms with Gasteiger partial charge in [0.05, 0.1) is 17.8 Å². The summed E-state index contributed by atoms with van der Waals surface area (Å²) < 4.78 is 5.47. The number of anilines is 2. The number of aromatic nitrogens is 3. The second-order valence-corrected chi connectivity index (χ2v) is 6.42. The van der Waals surface area contributed by atoms with Crippen LogP contribution in [-0.2, 0) is 11.3 Å². The van der Waals surface area contributed by atoms with Crippen LogP contribution in [0.4, 0.5) is 11.8 Å². The molecule has 2 N–H and O–H groups in total. The van der Waals surface area contributed by atoms with Gasteiger partial charge in [-0.15, -0.1) is 0 Å². The number of nitrogens with two attached hydrogens (primary N) is 1. The molecule has 4 rings (SSSR count). The van der Waals surface area contributed by atoms with Crippen molar-refractivity contribution >= 4 is 22.7 Å². The Hall–Kier alpha value is -2.73. The Bertz CT molecular complexity index is 887. The van der Waals surface area contributed by atoms with Crippen LogP contribution in [0.3, 0.4) is 0 Å². The van der Waals surface area contributed by atoms with Crippen molar-refractivity contribution < 1.29 is 4.74 Å². The van der Waals surface area contributed by atoms with E-state index in [4.69, 9.17) is 10.5 Å². The quantitative estimate of drug-likeness (QED) is 0.790. The number of benzene rings is 1. The van der Waals surface area contributed by atoms with E-state index in [9.17, 15) is 0 Å². The summed E-state index contributed by atoms with van der Waals surface area (Å²) in [6.45, 7) is 2.18. The van der Waals surface area contributed by atoms with Gasteiger partial charge in [-0.25, -0.2) is 4.98 Å². The second-order valence-electron chi connectivity index (χ2n) is 6.42. The predicted octanol–water partition coefficient (Wildman–Crippen LogP) is 2.75. The summed E-state index contributed by atoms with van der Waals surface area (Å²) >= 11 is 0. The highest BCUT2D eigenvalue weighted by Crippen LogP contribution is 2.27. The van der Waals surface area contributed by atoms with E-state index >= 15 is 0 Å². The standard InChI is InChI=1S/C19H21N5O/c1-24(11-14-5-2-4-13-6-3-8-21-18(13)14)17-10-16(22-19(20)23-17)15-7-9-25-12-15/h2-6,8,10,15H,7,9,11-12H2,1H3,(H2,20,22,23)/t15-/m1/s1. The summed E-state index contributed by atoms with van der Waals surface area (Å²) in [4.78, 5) is 15.4. The number of pyridine rings is 1. The molecule has 0 bridgehead atoms. The number of hydrogen-bond acceptors (Lipinski definition) is 6. The minimum Gasteiger partial charge on any atom is -0.381 e. The van der Waals surface area contributed by atoms with Gasteiger partial charge in [-0.3, -0.25) is 4.98 Å². The van der Waals surface area contributed by atoms with Gasteiger partial charge in [0.15, 0.2) is 0 Å². The van der Waals surface area contributed by atoms with Crippen molar-refractivity contribution in [1.82, 2.24) is 15.0 Å². The Balaban J connectivity index is 1.63. The molecular weight excluding hydrogens is 314 g/mol. The highest BCUT2D eigenvalue weighted by molar-refractivity contribution is 5.81. The molecule has 0 spiro atoms. The van der Waals surface area contributed by atoms with E-state index in [1.54, 1.807) is 0 Å². The van der Waals surface area contributed by atoms with Crippen molar-refractivity contribution in [3.05, 3.63) is 53.9 Å². The molecule has 1 atom stereocenters. The van der Waals surface area contributed by atoms with Crippen LogP contribution < -0.4 is 10.6 Å². The Morgan fingerprint density at radius 2 is 2.12 bits per heavy atom. The van der Waals surface area contributed by atoms with Gasteiger partial charge in [0.25, 0.3) is 0 Å². The van der Waals surface area contributed by atoms with Gasteiger partial charge < -0.3 is 15.4 Å². The van der Waals surface area contributed by atoms with E-state index in [1.807, 2.05) is 25.4 Å². The molecule has 1 aliphatic rings. The molecule has 0 aliphatic carbocycles. The molecule has 25 heavy (non-hydrogen) atoms. The molecule has 128 valence electrons. The molecule has 1 aliphatic heterocycles. The van der Waals surface area contributed by atoms with Gasteiger partial charge in [0, 0.05) is 43.8 Å². The molecule has 0 saturated carbocycles. The van der Waals surface area contributed by atoms with Crippen LogP contribution >= 0.6 is 0 Å². The molecule has 0 radical (unpaired) electrons. The lowest BCUT2D eigenvalue weighted by Crippen LogP contribution is -2.20. The molecule has 3 aromatic rings. The maximum Gasteiger partial charge on any atom is 0.222 e. The Labute approximate surface area is 146 Å². The highest BCUT2D eigenvalue weighted by atomic mass is 16.5. The van der Waals surface area contributed by atoms with E-state index < -0.39 is 0 Å². The number of nitrogens with zero attached hydrogens (tertiary/aromatic N) is 4. The zero-order chi connectivity index (χ0) is 17.2. The fourth-order valence-electron chi connectivity index (χ4n) is 3.28. The summed E-state index contributed by atoms with van der Waals surface area (Å²) in [5.74, 6) is 1.43. The van der Waals surface area contributed by atoms with Crippen LogP contribution in [0.25, 0.3) is 10.9 Å². The van der Waals surface area contributed by atoms with Crippen molar-refractivity contribution in [1.29, 1.82) is 0 Å². The van der Waals surface area contributed by atoms with Gasteiger partial charge in [0.1, 0.15) is 5.82 Å². The second kappa shape index (κ2) is 6.64. The molecule has 0 amide bonds. The van der Waals surface area contributed by atoms with Crippen LogP contribution in [0, 0.1) is 0 Å². The van der Waals surface area contributed by atoms with Crippen LogP contribution in [0.2, 0.25) is 0 Å². The molecule has 6 nitrogen and oxygen atoms in total. The molecule has 1 fully saturated rings. The van der Waals surface area contributed by atoms with Crippen LogP contribution in [0.1, 0.15) is 23.6 Å². The lowest BCUT2D eigenvalue weighted by atomic mass is 10.0. The molecule has 6 heteroatoms. The van der Waals surface area contributed by atoms with Crippen LogP contribution in [0.15, 0.2) is 42.6 Å². The van der Waals surface area contributed by atoms with Gasteiger partial charge in [-0.1, -0.05) is 24.3 Å². The van der Waals surface area contributed by atoms with E-state index in [1.165, 1.54) is 0 Å². The van der Waals surface area contributed by atoms with Crippen molar-refractivity contribution in [3.63, 3.8) is 0 Å². The summed E-state index contributed by atoms with van der Waals surface area (Å²) in [5, 5.41) is 1.14. The van der Waals surface area contributed by atoms with Crippen molar-refractivity contribution in [2.75, 3.05) is 30.9 Å². The Kier molecular flexibility index (Phi) is 4.19. The third-order valence-corrected chi connectivity index (χ3v) is 4.61. The van der Waals surface area contributed by atoms with Gasteiger partial charge >= 0.3 is 0 Å². The fourth-order valence-corrected chi connectivity index (χ4v) is 3.28. The lowest BCUT2D eigenvalue weighted by molar-refractivity contribution is 0.193. The third kappa shape index (κ3) is 3.25. The molecule has 2 aromatic heterocycles. The topological polar surface area (TPSA) is 77.2 Å². The number of para-hydroxylation sites is 1. The minimum atomic E-state index is 0.302. The number of hydrogen-bond donors (Lipinski definition) is 1. The molecule has 0 unspecified atom stereocenters. The smallest absolute Gasteiger partial charge is 0.222 e. The van der Waals surface area contributed by atoms with Crippen molar-refractivity contribution in [2.45, 2.75) is 18.9 Å². The molecular formula is C19H21N5O. The predicted molar refractivity (Wildman–Crippen MR) is 98.5 cm³/mol. The normalized spacial score (nSPS) is 17.1. The van der Waals surface area contributed by atoms with Crippen LogP contribution in [-0.4, -0.2) is 35.2 Å². The average molecular weight is 335 g/mol. The summed E-state index contributed by atoms with van der Waals surface area (Å²) in [6.07, 6.45) is 2.81. The SMILES string of the molecule is CN(Cc1cccc2cccnc12)c1cc([C@@H]2CCOC2)nc(N)n1. The number of rotatable bonds is 4. The van der Waals surface area contributed by atoms with Gasteiger partial charge in [-0.05, 0) is 18.1 Å². The number of ether oxygens (including phenoxy) is 1. The first kappa shape index (κ1) is 15.8. The zero-order valence-corrected chi connectivity index (χ0v) is 14.2. The first-order valence-electron chi connectivity index (χ1n) is 8.46. The largest absolute Gasteiger partial charge is 0.381 e. The first-order chi connectivity index (χ1) is 12.2. The summed E-state index contributed by atoms with van der Waals surface area (Å²) in [6, 6.07) is 12.3. The fraction of sp³-hybridized carbons (Fsp3) is 0.316. The summed E-state index contributed by atoms with van der Waals surface area (Å²) in [7, 11) is 2.01. The first-order valence-corrected chi connectivity index (χ1v) is 8.46. The Morgan fingerprint density at radius 3 is 2.96 bits per heavy atom. The molecule has 1 saturated heterocycles. The monoisotopic (exact) mass is 335 g/mol. The zero-order valence-electron chi connectivity index (χ0n) is 14.2. The average Bonchev–Trinajstić information content (AvgIpc) is 3.16.